The highest BCUT2D eigenvalue weighted by Gasteiger charge is 2.43. The van der Waals surface area contributed by atoms with Crippen molar-refractivity contribution >= 4 is 5.57 Å². The second-order valence-corrected chi connectivity index (χ2v) is 5.13. The van der Waals surface area contributed by atoms with Crippen LogP contribution in [-0.2, 0) is 6.42 Å². The van der Waals surface area contributed by atoms with Crippen molar-refractivity contribution < 1.29 is 10.2 Å². The molecule has 0 radical (unpaired) electrons. The summed E-state index contributed by atoms with van der Waals surface area (Å²) in [5.74, 6) is 0.335. The van der Waals surface area contributed by atoms with E-state index in [1.54, 1.807) is 6.07 Å². The maximum Gasteiger partial charge on any atom is 0.115 e. The van der Waals surface area contributed by atoms with Crippen LogP contribution in [-0.4, -0.2) is 16.3 Å². The van der Waals surface area contributed by atoms with Gasteiger partial charge in [0, 0.05) is 5.41 Å². The van der Waals surface area contributed by atoms with Gasteiger partial charge in [0.2, 0.25) is 0 Å². The third-order valence-corrected chi connectivity index (χ3v) is 4.19. The standard InChI is InChI=1S/C14H16O2/c1-14-7-6-9-8-10(15)2-3-11(9)12(14)4-5-13(14)16/h2-4,8,13,15-16H,5-7H2,1H3/t13-,14-/m1/s1. The van der Waals surface area contributed by atoms with Crippen molar-refractivity contribution in [1.82, 2.24) is 0 Å². The minimum atomic E-state index is -0.246. The van der Waals surface area contributed by atoms with Crippen LogP contribution in [0.5, 0.6) is 5.75 Å². The van der Waals surface area contributed by atoms with Crippen molar-refractivity contribution in [3.05, 3.63) is 35.4 Å². The normalized spacial score (nSPS) is 31.9. The molecule has 0 saturated carbocycles. The Morgan fingerprint density at radius 2 is 2.19 bits per heavy atom. The molecule has 1 aromatic rings. The quantitative estimate of drug-likeness (QED) is 0.699. The molecule has 2 nitrogen and oxygen atoms in total. The fourth-order valence-electron chi connectivity index (χ4n) is 3.07. The zero-order chi connectivity index (χ0) is 11.3. The van der Waals surface area contributed by atoms with Crippen LogP contribution in [0.3, 0.4) is 0 Å². The number of aliphatic hydroxyl groups excluding tert-OH is 1. The van der Waals surface area contributed by atoms with Gasteiger partial charge in [0.15, 0.2) is 0 Å². The topological polar surface area (TPSA) is 40.5 Å². The SMILES string of the molecule is C[C@@]12CCc3cc(O)ccc3C1=CC[C@H]2O. The molecule has 2 heteroatoms. The molecule has 0 spiro atoms. The second kappa shape index (κ2) is 3.11. The van der Waals surface area contributed by atoms with Crippen molar-refractivity contribution in [3.63, 3.8) is 0 Å². The Morgan fingerprint density at radius 1 is 1.38 bits per heavy atom. The molecule has 2 N–H and O–H groups in total. The number of rotatable bonds is 0. The van der Waals surface area contributed by atoms with Crippen LogP contribution in [0.15, 0.2) is 24.3 Å². The molecule has 2 aliphatic carbocycles. The fourth-order valence-corrected chi connectivity index (χ4v) is 3.07. The lowest BCUT2D eigenvalue weighted by Gasteiger charge is -2.37. The van der Waals surface area contributed by atoms with Gasteiger partial charge in [0.25, 0.3) is 0 Å². The number of phenolic OH excluding ortho intramolecular Hbond substituents is 1. The van der Waals surface area contributed by atoms with E-state index in [0.29, 0.717) is 5.75 Å². The zero-order valence-electron chi connectivity index (χ0n) is 9.40. The lowest BCUT2D eigenvalue weighted by molar-refractivity contribution is 0.0826. The minimum Gasteiger partial charge on any atom is -0.508 e. The van der Waals surface area contributed by atoms with Crippen LogP contribution >= 0.6 is 0 Å². The third-order valence-electron chi connectivity index (χ3n) is 4.19. The minimum absolute atomic E-state index is 0.0794. The lowest BCUT2D eigenvalue weighted by Crippen LogP contribution is -2.32. The van der Waals surface area contributed by atoms with E-state index in [0.717, 1.165) is 19.3 Å². The summed E-state index contributed by atoms with van der Waals surface area (Å²) in [7, 11) is 0. The van der Waals surface area contributed by atoms with Crippen molar-refractivity contribution in [2.75, 3.05) is 0 Å². The summed E-state index contributed by atoms with van der Waals surface area (Å²) in [4.78, 5) is 0. The van der Waals surface area contributed by atoms with Gasteiger partial charge < -0.3 is 10.2 Å². The summed E-state index contributed by atoms with van der Waals surface area (Å²) in [6, 6.07) is 5.56. The molecule has 0 fully saturated rings. The molecule has 84 valence electrons. The van der Waals surface area contributed by atoms with Crippen LogP contribution in [0.2, 0.25) is 0 Å². The van der Waals surface area contributed by atoms with Gasteiger partial charge in [0.05, 0.1) is 6.10 Å². The highest BCUT2D eigenvalue weighted by atomic mass is 16.3. The fraction of sp³-hybridized carbons (Fsp3) is 0.429. The molecule has 0 aromatic heterocycles. The Balaban J connectivity index is 2.15. The first kappa shape index (κ1) is 9.91. The Kier molecular flexibility index (Phi) is 1.93. The number of benzene rings is 1. The van der Waals surface area contributed by atoms with E-state index >= 15 is 0 Å². The van der Waals surface area contributed by atoms with Crippen molar-refractivity contribution in [2.24, 2.45) is 5.41 Å². The number of aryl methyl sites for hydroxylation is 1. The summed E-state index contributed by atoms with van der Waals surface area (Å²) in [5.41, 5.74) is 3.60. The summed E-state index contributed by atoms with van der Waals surface area (Å²) >= 11 is 0. The zero-order valence-corrected chi connectivity index (χ0v) is 9.40. The molecule has 0 saturated heterocycles. The average molecular weight is 216 g/mol. The monoisotopic (exact) mass is 216 g/mol. The largest absolute Gasteiger partial charge is 0.508 e. The first-order chi connectivity index (χ1) is 7.61. The van der Waals surface area contributed by atoms with E-state index in [4.69, 9.17) is 0 Å². The van der Waals surface area contributed by atoms with Gasteiger partial charge in [-0.05, 0) is 48.1 Å². The molecule has 16 heavy (non-hydrogen) atoms. The van der Waals surface area contributed by atoms with Gasteiger partial charge in [-0.3, -0.25) is 0 Å². The third kappa shape index (κ3) is 1.17. The van der Waals surface area contributed by atoms with Gasteiger partial charge in [-0.25, -0.2) is 0 Å². The lowest BCUT2D eigenvalue weighted by atomic mass is 9.69. The number of aliphatic hydroxyl groups is 1. The maximum atomic E-state index is 10.1. The van der Waals surface area contributed by atoms with Gasteiger partial charge in [-0.2, -0.15) is 0 Å². The predicted octanol–water partition coefficient (Wildman–Crippen LogP) is 2.49. The number of fused-ring (bicyclic) bond motifs is 3. The van der Waals surface area contributed by atoms with E-state index in [9.17, 15) is 10.2 Å². The van der Waals surface area contributed by atoms with E-state index in [-0.39, 0.29) is 11.5 Å². The Morgan fingerprint density at radius 3 is 3.00 bits per heavy atom. The molecule has 3 rings (SSSR count). The summed E-state index contributed by atoms with van der Waals surface area (Å²) in [6.45, 7) is 2.15. The molecule has 0 amide bonds. The van der Waals surface area contributed by atoms with E-state index in [1.807, 2.05) is 12.1 Å². The van der Waals surface area contributed by atoms with E-state index < -0.39 is 0 Å². The molecule has 0 bridgehead atoms. The second-order valence-electron chi connectivity index (χ2n) is 5.13. The molecule has 2 aliphatic rings. The summed E-state index contributed by atoms with van der Waals surface area (Å²) in [5, 5.41) is 19.5. The smallest absolute Gasteiger partial charge is 0.115 e. The molecule has 0 unspecified atom stereocenters. The van der Waals surface area contributed by atoms with Gasteiger partial charge in [0.1, 0.15) is 5.75 Å². The number of aromatic hydroxyl groups is 1. The predicted molar refractivity (Wildman–Crippen MR) is 63.1 cm³/mol. The molecular formula is C14H16O2. The average Bonchev–Trinajstić information content (AvgIpc) is 2.56. The summed E-state index contributed by atoms with van der Waals surface area (Å²) < 4.78 is 0. The number of hydrogen-bond acceptors (Lipinski definition) is 2. The van der Waals surface area contributed by atoms with Crippen molar-refractivity contribution in [3.8, 4) is 5.75 Å². The highest BCUT2D eigenvalue weighted by molar-refractivity contribution is 5.77. The van der Waals surface area contributed by atoms with Crippen molar-refractivity contribution in [2.45, 2.75) is 32.3 Å². The van der Waals surface area contributed by atoms with Crippen LogP contribution in [0.1, 0.15) is 30.9 Å². The maximum absolute atomic E-state index is 10.1. The number of phenols is 1. The van der Waals surface area contributed by atoms with Crippen LogP contribution in [0, 0.1) is 5.41 Å². The van der Waals surface area contributed by atoms with Crippen LogP contribution in [0.4, 0.5) is 0 Å². The van der Waals surface area contributed by atoms with Crippen LogP contribution in [0.25, 0.3) is 5.57 Å². The molecule has 0 heterocycles. The van der Waals surface area contributed by atoms with E-state index in [2.05, 4.69) is 13.0 Å². The molecule has 1 aromatic carbocycles. The summed E-state index contributed by atoms with van der Waals surface area (Å²) in [6.07, 6.45) is 4.57. The Labute approximate surface area is 95.2 Å². The Hall–Kier alpha value is -1.28. The molecule has 2 atom stereocenters. The van der Waals surface area contributed by atoms with Gasteiger partial charge in [-0.1, -0.05) is 19.1 Å². The first-order valence-electron chi connectivity index (χ1n) is 5.82. The Bertz CT molecular complexity index is 476. The van der Waals surface area contributed by atoms with Crippen molar-refractivity contribution in [1.29, 1.82) is 0 Å². The molecule has 0 aliphatic heterocycles. The molecular weight excluding hydrogens is 200 g/mol. The van der Waals surface area contributed by atoms with E-state index in [1.165, 1.54) is 16.7 Å². The van der Waals surface area contributed by atoms with Crippen LogP contribution < -0.4 is 0 Å². The van der Waals surface area contributed by atoms with Gasteiger partial charge in [-0.15, -0.1) is 0 Å². The first-order valence-corrected chi connectivity index (χ1v) is 5.82. The van der Waals surface area contributed by atoms with Gasteiger partial charge >= 0.3 is 0 Å². The highest BCUT2D eigenvalue weighted by Crippen LogP contribution is 2.52. The number of hydrogen-bond donors (Lipinski definition) is 2.